The smallest absolute Gasteiger partial charge is 0.347 e. The number of amides is 1. The Bertz CT molecular complexity index is 812. The van der Waals surface area contributed by atoms with Crippen LogP contribution in [-0.4, -0.2) is 24.6 Å². The molecule has 0 heterocycles. The van der Waals surface area contributed by atoms with Crippen molar-refractivity contribution in [3.05, 3.63) is 58.1 Å². The average Bonchev–Trinajstić information content (AvgIpc) is 2.58. The van der Waals surface area contributed by atoms with Gasteiger partial charge in [0.05, 0.1) is 5.02 Å². The molecule has 2 aromatic carbocycles. The zero-order chi connectivity index (χ0) is 19.3. The molecule has 0 unspecified atom stereocenters. The molecule has 0 saturated carbocycles. The number of hydrogen-bond acceptors (Lipinski definition) is 4. The van der Waals surface area contributed by atoms with Crippen LogP contribution in [0.2, 0.25) is 10.0 Å². The van der Waals surface area contributed by atoms with Gasteiger partial charge in [-0.25, -0.2) is 13.6 Å². The lowest BCUT2D eigenvalue weighted by atomic mass is 10.3. The Hall–Kier alpha value is -2.38. The molecule has 5 nitrogen and oxygen atoms in total. The van der Waals surface area contributed by atoms with E-state index in [2.05, 4.69) is 0 Å². The molecule has 1 amide bonds. The Morgan fingerprint density at radius 2 is 1.81 bits per heavy atom. The van der Waals surface area contributed by atoms with Gasteiger partial charge in [-0.3, -0.25) is 4.79 Å². The number of hydrogen-bond donors (Lipinski definition) is 1. The standard InChI is InChI=1S/C17H13Cl2F2NO4/c1-9(26-14-6-5-10(18)7-11(14)19)17(24)25-8-15(23)22-16-12(20)3-2-4-13(16)21/h2-7,9H,8H2,1H3,(H,22,23)/t9-/m1/s1. The molecule has 0 aromatic heterocycles. The van der Waals surface area contributed by atoms with Crippen molar-refractivity contribution in [2.24, 2.45) is 0 Å². The van der Waals surface area contributed by atoms with Crippen molar-refractivity contribution < 1.29 is 27.8 Å². The van der Waals surface area contributed by atoms with E-state index in [4.69, 9.17) is 32.7 Å². The zero-order valence-electron chi connectivity index (χ0n) is 13.4. The van der Waals surface area contributed by atoms with E-state index >= 15 is 0 Å². The molecule has 0 aliphatic rings. The molecule has 0 aliphatic carbocycles. The molecule has 1 N–H and O–H groups in total. The van der Waals surface area contributed by atoms with E-state index in [-0.39, 0.29) is 10.8 Å². The first-order chi connectivity index (χ1) is 12.3. The van der Waals surface area contributed by atoms with E-state index in [0.717, 1.165) is 18.2 Å². The predicted octanol–water partition coefficient (Wildman–Crippen LogP) is 4.22. The van der Waals surface area contributed by atoms with Crippen LogP contribution < -0.4 is 10.1 Å². The number of benzene rings is 2. The molecule has 0 aliphatic heterocycles. The summed E-state index contributed by atoms with van der Waals surface area (Å²) in [5.74, 6) is -3.45. The van der Waals surface area contributed by atoms with Crippen LogP contribution in [-0.2, 0) is 14.3 Å². The van der Waals surface area contributed by atoms with Gasteiger partial charge in [-0.2, -0.15) is 0 Å². The van der Waals surface area contributed by atoms with E-state index in [9.17, 15) is 18.4 Å². The first-order valence-electron chi connectivity index (χ1n) is 7.30. The molecule has 2 rings (SSSR count). The second-order valence-corrected chi connectivity index (χ2v) is 5.93. The van der Waals surface area contributed by atoms with Gasteiger partial charge in [-0.15, -0.1) is 0 Å². The molecular weight excluding hydrogens is 391 g/mol. The number of rotatable bonds is 6. The number of carbonyl (C=O) groups is 2. The maximum absolute atomic E-state index is 13.4. The van der Waals surface area contributed by atoms with Crippen molar-refractivity contribution >= 4 is 40.8 Å². The first kappa shape index (κ1) is 19.9. The second-order valence-electron chi connectivity index (χ2n) is 5.09. The fourth-order valence-corrected chi connectivity index (χ4v) is 2.31. The van der Waals surface area contributed by atoms with E-state index in [1.165, 1.54) is 25.1 Å². The summed E-state index contributed by atoms with van der Waals surface area (Å²) in [7, 11) is 0. The summed E-state index contributed by atoms with van der Waals surface area (Å²) in [6.07, 6.45) is -1.08. The van der Waals surface area contributed by atoms with Gasteiger partial charge in [0.1, 0.15) is 23.1 Å². The summed E-state index contributed by atoms with van der Waals surface area (Å²) >= 11 is 11.7. The summed E-state index contributed by atoms with van der Waals surface area (Å²) in [5.41, 5.74) is -0.620. The highest BCUT2D eigenvalue weighted by atomic mass is 35.5. The lowest BCUT2D eigenvalue weighted by Crippen LogP contribution is -2.30. The topological polar surface area (TPSA) is 64.6 Å². The van der Waals surface area contributed by atoms with Crippen LogP contribution in [0.15, 0.2) is 36.4 Å². The van der Waals surface area contributed by atoms with Gasteiger partial charge in [0, 0.05) is 5.02 Å². The zero-order valence-corrected chi connectivity index (χ0v) is 14.9. The number of para-hydroxylation sites is 1. The molecule has 0 bridgehead atoms. The third-order valence-corrected chi connectivity index (χ3v) is 3.63. The summed E-state index contributed by atoms with van der Waals surface area (Å²) in [5, 5.41) is 2.59. The van der Waals surface area contributed by atoms with Crippen molar-refractivity contribution in [3.8, 4) is 5.75 Å². The summed E-state index contributed by atoms with van der Waals surface area (Å²) in [6.45, 7) is 0.649. The molecule has 26 heavy (non-hydrogen) atoms. The van der Waals surface area contributed by atoms with Gasteiger partial charge < -0.3 is 14.8 Å². The van der Waals surface area contributed by atoms with Crippen molar-refractivity contribution in [2.45, 2.75) is 13.0 Å². The Morgan fingerprint density at radius 1 is 1.15 bits per heavy atom. The van der Waals surface area contributed by atoms with Gasteiger partial charge in [0.15, 0.2) is 12.7 Å². The summed E-state index contributed by atoms with van der Waals surface area (Å²) < 4.78 is 37.0. The third kappa shape index (κ3) is 5.31. The maximum atomic E-state index is 13.4. The minimum absolute atomic E-state index is 0.199. The van der Waals surface area contributed by atoms with Crippen molar-refractivity contribution in [3.63, 3.8) is 0 Å². The van der Waals surface area contributed by atoms with Gasteiger partial charge in [-0.1, -0.05) is 29.3 Å². The third-order valence-electron chi connectivity index (χ3n) is 3.10. The molecule has 0 fully saturated rings. The van der Waals surface area contributed by atoms with E-state index in [1.54, 1.807) is 0 Å². The Kier molecular flexibility index (Phi) is 6.76. The monoisotopic (exact) mass is 403 g/mol. The van der Waals surface area contributed by atoms with Crippen LogP contribution in [0.25, 0.3) is 0 Å². The first-order valence-corrected chi connectivity index (χ1v) is 8.05. The van der Waals surface area contributed by atoms with Crippen molar-refractivity contribution in [1.29, 1.82) is 0 Å². The van der Waals surface area contributed by atoms with Gasteiger partial charge in [-0.05, 0) is 37.3 Å². The van der Waals surface area contributed by atoms with E-state index < -0.39 is 41.9 Å². The van der Waals surface area contributed by atoms with Gasteiger partial charge >= 0.3 is 5.97 Å². The van der Waals surface area contributed by atoms with Gasteiger partial charge in [0.25, 0.3) is 5.91 Å². The van der Waals surface area contributed by atoms with Crippen molar-refractivity contribution in [1.82, 2.24) is 0 Å². The number of ether oxygens (including phenoxy) is 2. The van der Waals surface area contributed by atoms with Crippen LogP contribution in [0.1, 0.15) is 6.92 Å². The SMILES string of the molecule is C[C@@H](Oc1ccc(Cl)cc1Cl)C(=O)OCC(=O)Nc1c(F)cccc1F. The van der Waals surface area contributed by atoms with Crippen LogP contribution in [0.4, 0.5) is 14.5 Å². The van der Waals surface area contributed by atoms with Crippen LogP contribution >= 0.6 is 23.2 Å². The fraction of sp³-hybridized carbons (Fsp3) is 0.176. The predicted molar refractivity (Wildman–Crippen MR) is 92.5 cm³/mol. The van der Waals surface area contributed by atoms with Crippen LogP contribution in [0.3, 0.4) is 0 Å². The molecular formula is C17H13Cl2F2NO4. The number of carbonyl (C=O) groups excluding carboxylic acids is 2. The number of esters is 1. The second kappa shape index (κ2) is 8.82. The van der Waals surface area contributed by atoms with Crippen LogP contribution in [0.5, 0.6) is 5.75 Å². The Labute approximate surface area is 157 Å². The molecule has 0 spiro atoms. The molecule has 138 valence electrons. The van der Waals surface area contributed by atoms with E-state index in [0.29, 0.717) is 5.02 Å². The minimum Gasteiger partial charge on any atom is -0.477 e. The molecule has 0 saturated heterocycles. The summed E-state index contributed by atoms with van der Waals surface area (Å²) in [6, 6.07) is 7.56. The molecule has 0 radical (unpaired) electrons. The van der Waals surface area contributed by atoms with Gasteiger partial charge in [0.2, 0.25) is 0 Å². The average molecular weight is 404 g/mol. The Balaban J connectivity index is 1.88. The highest BCUT2D eigenvalue weighted by Crippen LogP contribution is 2.28. The highest BCUT2D eigenvalue weighted by Gasteiger charge is 2.20. The van der Waals surface area contributed by atoms with Crippen LogP contribution in [0, 0.1) is 11.6 Å². The molecule has 1 atom stereocenters. The van der Waals surface area contributed by atoms with E-state index in [1.807, 2.05) is 5.32 Å². The quantitative estimate of drug-likeness (QED) is 0.733. The van der Waals surface area contributed by atoms with Crippen molar-refractivity contribution in [2.75, 3.05) is 11.9 Å². The normalized spacial score (nSPS) is 11.6. The highest BCUT2D eigenvalue weighted by molar-refractivity contribution is 6.35. The molecule has 9 heteroatoms. The number of nitrogens with one attached hydrogen (secondary N) is 1. The summed E-state index contributed by atoms with van der Waals surface area (Å²) in [4.78, 5) is 23.6. The largest absolute Gasteiger partial charge is 0.477 e. The number of halogens is 4. The lowest BCUT2D eigenvalue weighted by Gasteiger charge is -2.15. The lowest BCUT2D eigenvalue weighted by molar-refractivity contribution is -0.153. The maximum Gasteiger partial charge on any atom is 0.347 e. The minimum atomic E-state index is -1.08. The number of anilines is 1. The Morgan fingerprint density at radius 3 is 2.42 bits per heavy atom. The molecule has 2 aromatic rings. The fourth-order valence-electron chi connectivity index (χ4n) is 1.86.